The predicted octanol–water partition coefficient (Wildman–Crippen LogP) is 3.30. The summed E-state index contributed by atoms with van der Waals surface area (Å²) in [5, 5.41) is 2.78. The highest BCUT2D eigenvalue weighted by Crippen LogP contribution is 2.09. The number of carbonyl (C=O) groups excluding carboxylic acids is 2. The van der Waals surface area contributed by atoms with Gasteiger partial charge in [0.1, 0.15) is 0 Å². The molecule has 0 heterocycles. The van der Waals surface area contributed by atoms with Crippen LogP contribution in [0.3, 0.4) is 0 Å². The molecule has 0 fully saturated rings. The monoisotopic (exact) mass is 323 g/mol. The smallest absolute Gasteiger partial charge is 0.253 e. The van der Waals surface area contributed by atoms with Crippen LogP contribution in [-0.2, 0) is 6.42 Å². The minimum Gasteiger partial charge on any atom is -0.347 e. The molecular weight excluding hydrogens is 300 g/mol. The van der Waals surface area contributed by atoms with E-state index in [2.05, 4.69) is 5.32 Å². The van der Waals surface area contributed by atoms with Crippen molar-refractivity contribution in [1.82, 2.24) is 10.2 Å². The van der Waals surface area contributed by atoms with Crippen LogP contribution in [0, 0.1) is 6.54 Å². The lowest BCUT2D eigenvalue weighted by Gasteiger charge is -2.16. The second kappa shape index (κ2) is 8.87. The quantitative estimate of drug-likeness (QED) is 0.850. The van der Waals surface area contributed by atoms with Crippen LogP contribution in [-0.4, -0.2) is 30.3 Å². The van der Waals surface area contributed by atoms with Gasteiger partial charge >= 0.3 is 0 Å². The predicted molar refractivity (Wildman–Crippen MR) is 95.6 cm³/mol. The van der Waals surface area contributed by atoms with Crippen LogP contribution in [0.2, 0.25) is 0 Å². The zero-order valence-corrected chi connectivity index (χ0v) is 14.2. The molecule has 2 rings (SSSR count). The summed E-state index contributed by atoms with van der Waals surface area (Å²) in [5.41, 5.74) is 2.14. The zero-order chi connectivity index (χ0) is 17.4. The number of benzene rings is 2. The molecule has 0 saturated carbocycles. The second-order valence-electron chi connectivity index (χ2n) is 5.67. The van der Waals surface area contributed by atoms with E-state index in [-0.39, 0.29) is 11.8 Å². The molecule has 0 atom stereocenters. The highest BCUT2D eigenvalue weighted by Gasteiger charge is 2.13. The Morgan fingerprint density at radius 1 is 1.04 bits per heavy atom. The normalized spacial score (nSPS) is 10.2. The van der Waals surface area contributed by atoms with E-state index in [0.717, 1.165) is 12.0 Å². The Balaban J connectivity index is 1.95. The van der Waals surface area contributed by atoms with Crippen LogP contribution in [0.25, 0.3) is 0 Å². The van der Waals surface area contributed by atoms with Crippen molar-refractivity contribution in [2.24, 2.45) is 0 Å². The summed E-state index contributed by atoms with van der Waals surface area (Å²) in [6.45, 7) is 4.45. The maximum Gasteiger partial charge on any atom is 0.253 e. The molecule has 0 unspecified atom stereocenters. The maximum absolute atomic E-state index is 12.3. The van der Waals surface area contributed by atoms with Crippen molar-refractivity contribution in [1.29, 1.82) is 0 Å². The number of rotatable bonds is 7. The van der Waals surface area contributed by atoms with Gasteiger partial charge in [-0.2, -0.15) is 0 Å². The van der Waals surface area contributed by atoms with Gasteiger partial charge < -0.3 is 10.2 Å². The van der Waals surface area contributed by atoms with Crippen molar-refractivity contribution in [3.8, 4) is 0 Å². The fourth-order valence-corrected chi connectivity index (χ4v) is 2.41. The molecular formula is C20H23N2O2. The number of nitrogens with zero attached hydrogens (tertiary/aromatic N) is 1. The molecule has 1 N–H and O–H groups in total. The third-order valence-corrected chi connectivity index (χ3v) is 3.69. The van der Waals surface area contributed by atoms with Crippen molar-refractivity contribution in [3.63, 3.8) is 0 Å². The van der Waals surface area contributed by atoms with Gasteiger partial charge in [-0.1, -0.05) is 43.3 Å². The minimum atomic E-state index is -0.210. The second-order valence-corrected chi connectivity index (χ2v) is 5.67. The lowest BCUT2D eigenvalue weighted by Crippen LogP contribution is -2.28. The fraction of sp³-hybridized carbons (Fsp3) is 0.250. The molecule has 24 heavy (non-hydrogen) atoms. The molecule has 2 aromatic carbocycles. The molecule has 125 valence electrons. The third kappa shape index (κ3) is 4.95. The van der Waals surface area contributed by atoms with Gasteiger partial charge in [-0.25, -0.2) is 0 Å². The van der Waals surface area contributed by atoms with Crippen molar-refractivity contribution < 1.29 is 9.59 Å². The van der Waals surface area contributed by atoms with E-state index >= 15 is 0 Å². The van der Waals surface area contributed by atoms with E-state index in [1.54, 1.807) is 42.8 Å². The van der Waals surface area contributed by atoms with Crippen molar-refractivity contribution in [2.45, 2.75) is 19.8 Å². The number of hydrogen-bond acceptors (Lipinski definition) is 2. The van der Waals surface area contributed by atoms with Crippen molar-refractivity contribution in [3.05, 3.63) is 77.8 Å². The van der Waals surface area contributed by atoms with Crippen LogP contribution in [0.4, 0.5) is 0 Å². The Hall–Kier alpha value is -2.62. The van der Waals surface area contributed by atoms with E-state index in [4.69, 9.17) is 0 Å². The van der Waals surface area contributed by atoms with Crippen LogP contribution >= 0.6 is 0 Å². The van der Waals surface area contributed by atoms with Crippen LogP contribution in [0.1, 0.15) is 39.6 Å². The Labute approximate surface area is 143 Å². The Morgan fingerprint density at radius 3 is 2.46 bits per heavy atom. The molecule has 1 radical (unpaired) electrons. The van der Waals surface area contributed by atoms with Crippen LogP contribution in [0.5, 0.6) is 0 Å². The van der Waals surface area contributed by atoms with E-state index in [1.165, 1.54) is 0 Å². The molecule has 0 aliphatic heterocycles. The third-order valence-electron chi connectivity index (χ3n) is 3.69. The van der Waals surface area contributed by atoms with Gasteiger partial charge in [0.15, 0.2) is 0 Å². The van der Waals surface area contributed by atoms with E-state index in [0.29, 0.717) is 24.1 Å². The summed E-state index contributed by atoms with van der Waals surface area (Å²) in [6, 6.07) is 16.7. The molecule has 0 spiro atoms. The number of nitrogens with one attached hydrogen (secondary N) is 1. The largest absolute Gasteiger partial charge is 0.347 e. The Kier molecular flexibility index (Phi) is 6.55. The SMILES string of the molecule is CCCN(C)C(=O)c1cccc(C(=O)N[CH]Cc2ccccc2)c1. The number of carbonyl (C=O) groups is 2. The lowest BCUT2D eigenvalue weighted by atomic mass is 10.1. The van der Waals surface area contributed by atoms with Gasteiger partial charge in [0.25, 0.3) is 11.8 Å². The molecule has 0 aliphatic carbocycles. The average Bonchev–Trinajstić information content (AvgIpc) is 2.62. The van der Waals surface area contributed by atoms with Gasteiger partial charge in [0.2, 0.25) is 0 Å². The first kappa shape index (κ1) is 17.7. The molecule has 2 amide bonds. The average molecular weight is 323 g/mol. The van der Waals surface area contributed by atoms with Gasteiger partial charge in [-0.3, -0.25) is 9.59 Å². The van der Waals surface area contributed by atoms with Gasteiger partial charge in [-0.15, -0.1) is 0 Å². The van der Waals surface area contributed by atoms with E-state index in [9.17, 15) is 9.59 Å². The van der Waals surface area contributed by atoms with E-state index in [1.807, 2.05) is 37.3 Å². The Morgan fingerprint density at radius 2 is 1.75 bits per heavy atom. The first-order valence-electron chi connectivity index (χ1n) is 8.13. The zero-order valence-electron chi connectivity index (χ0n) is 14.2. The first-order chi connectivity index (χ1) is 11.6. The van der Waals surface area contributed by atoms with Gasteiger partial charge in [0, 0.05) is 24.7 Å². The molecule has 2 aromatic rings. The summed E-state index contributed by atoms with van der Waals surface area (Å²) in [7, 11) is 1.77. The molecule has 4 heteroatoms. The van der Waals surface area contributed by atoms with Crippen molar-refractivity contribution in [2.75, 3.05) is 13.6 Å². The maximum atomic E-state index is 12.3. The molecule has 0 aromatic heterocycles. The van der Waals surface area contributed by atoms with Crippen LogP contribution in [0.15, 0.2) is 54.6 Å². The fourth-order valence-electron chi connectivity index (χ4n) is 2.41. The molecule has 4 nitrogen and oxygen atoms in total. The number of hydrogen-bond donors (Lipinski definition) is 1. The standard InChI is InChI=1S/C20H23N2O2/c1-3-14-22(2)20(24)18-11-7-10-17(15-18)19(23)21-13-12-16-8-5-4-6-9-16/h4-11,13,15H,3,12,14H2,1-2H3,(H,21,23). The topological polar surface area (TPSA) is 49.4 Å². The highest BCUT2D eigenvalue weighted by atomic mass is 16.2. The van der Waals surface area contributed by atoms with Crippen molar-refractivity contribution >= 4 is 11.8 Å². The molecule has 0 aliphatic rings. The summed E-state index contributed by atoms with van der Waals surface area (Å²) >= 11 is 0. The summed E-state index contributed by atoms with van der Waals surface area (Å²) in [4.78, 5) is 26.2. The van der Waals surface area contributed by atoms with Gasteiger partial charge in [0.05, 0.1) is 6.54 Å². The van der Waals surface area contributed by atoms with Crippen LogP contribution < -0.4 is 5.32 Å². The molecule has 0 bridgehead atoms. The molecule has 0 saturated heterocycles. The summed E-state index contributed by atoms with van der Waals surface area (Å²) in [6.07, 6.45) is 1.56. The number of amides is 2. The first-order valence-corrected chi connectivity index (χ1v) is 8.13. The Bertz CT molecular complexity index is 683. The highest BCUT2D eigenvalue weighted by molar-refractivity contribution is 5.99. The summed E-state index contributed by atoms with van der Waals surface area (Å²) in [5.74, 6) is -0.279. The summed E-state index contributed by atoms with van der Waals surface area (Å²) < 4.78 is 0. The lowest BCUT2D eigenvalue weighted by molar-refractivity contribution is 0.0795. The van der Waals surface area contributed by atoms with E-state index < -0.39 is 0 Å². The minimum absolute atomic E-state index is 0.0697. The van der Waals surface area contributed by atoms with Gasteiger partial charge in [-0.05, 0) is 36.6 Å².